The number of hydrogen-bond donors (Lipinski definition) is 0. The van der Waals surface area contributed by atoms with Gasteiger partial charge in [-0.05, 0) is 31.7 Å². The molecular weight excluding hydrogens is 186 g/mol. The fourth-order valence-corrected chi connectivity index (χ4v) is 1.95. The Morgan fingerprint density at radius 3 is 2.60 bits per heavy atom. The fourth-order valence-electron chi connectivity index (χ4n) is 1.95. The van der Waals surface area contributed by atoms with E-state index in [1.165, 1.54) is 18.4 Å². The van der Waals surface area contributed by atoms with E-state index in [-0.39, 0.29) is 0 Å². The molecule has 15 heavy (non-hydrogen) atoms. The van der Waals surface area contributed by atoms with E-state index in [0.29, 0.717) is 5.92 Å². The van der Waals surface area contributed by atoms with Crippen molar-refractivity contribution < 1.29 is 4.74 Å². The molecular formula is C13H21NO. The van der Waals surface area contributed by atoms with Gasteiger partial charge in [0.15, 0.2) is 0 Å². The Labute approximate surface area is 92.7 Å². The summed E-state index contributed by atoms with van der Waals surface area (Å²) in [5, 5.41) is 0. The van der Waals surface area contributed by atoms with Gasteiger partial charge in [0.25, 0.3) is 0 Å². The SMILES string of the molecule is CCCC(CC)c1ccc(C)nc1OC. The topological polar surface area (TPSA) is 22.1 Å². The van der Waals surface area contributed by atoms with Crippen LogP contribution in [0.4, 0.5) is 0 Å². The Kier molecular flexibility index (Phi) is 4.60. The molecule has 0 bridgehead atoms. The molecule has 2 heteroatoms. The third kappa shape index (κ3) is 2.95. The molecule has 1 aromatic heterocycles. The number of nitrogens with zero attached hydrogens (tertiary/aromatic N) is 1. The number of hydrogen-bond acceptors (Lipinski definition) is 2. The van der Waals surface area contributed by atoms with Crippen LogP contribution in [0.15, 0.2) is 12.1 Å². The average Bonchev–Trinajstić information content (AvgIpc) is 2.26. The van der Waals surface area contributed by atoms with Crippen LogP contribution in [0, 0.1) is 6.92 Å². The second-order valence-electron chi connectivity index (χ2n) is 3.94. The van der Waals surface area contributed by atoms with Crippen molar-refractivity contribution in [2.24, 2.45) is 0 Å². The largest absolute Gasteiger partial charge is 0.481 e. The number of pyridine rings is 1. The lowest BCUT2D eigenvalue weighted by atomic mass is 9.93. The molecule has 1 unspecified atom stereocenters. The zero-order valence-electron chi connectivity index (χ0n) is 10.2. The highest BCUT2D eigenvalue weighted by molar-refractivity contribution is 5.31. The lowest BCUT2D eigenvalue weighted by molar-refractivity contribution is 0.384. The van der Waals surface area contributed by atoms with E-state index in [0.717, 1.165) is 18.0 Å². The van der Waals surface area contributed by atoms with Gasteiger partial charge >= 0.3 is 0 Å². The Bertz CT molecular complexity index is 309. The highest BCUT2D eigenvalue weighted by atomic mass is 16.5. The number of ether oxygens (including phenoxy) is 1. The highest BCUT2D eigenvalue weighted by Crippen LogP contribution is 2.30. The zero-order valence-corrected chi connectivity index (χ0v) is 10.2. The van der Waals surface area contributed by atoms with Crippen molar-refractivity contribution in [1.29, 1.82) is 0 Å². The second kappa shape index (κ2) is 5.74. The van der Waals surface area contributed by atoms with E-state index in [2.05, 4.69) is 31.0 Å². The first-order valence-corrected chi connectivity index (χ1v) is 5.74. The first kappa shape index (κ1) is 12.0. The summed E-state index contributed by atoms with van der Waals surface area (Å²) in [6, 6.07) is 4.22. The molecule has 0 radical (unpaired) electrons. The molecule has 0 aliphatic heterocycles. The minimum atomic E-state index is 0.582. The van der Waals surface area contributed by atoms with Crippen molar-refractivity contribution in [3.05, 3.63) is 23.4 Å². The summed E-state index contributed by atoms with van der Waals surface area (Å²) in [6.07, 6.45) is 3.56. The Hall–Kier alpha value is -1.05. The number of aromatic nitrogens is 1. The molecule has 2 nitrogen and oxygen atoms in total. The van der Waals surface area contributed by atoms with Crippen molar-refractivity contribution in [3.8, 4) is 5.88 Å². The number of methoxy groups -OCH3 is 1. The van der Waals surface area contributed by atoms with Crippen LogP contribution in [0.25, 0.3) is 0 Å². The van der Waals surface area contributed by atoms with Crippen molar-refractivity contribution in [3.63, 3.8) is 0 Å². The van der Waals surface area contributed by atoms with Gasteiger partial charge in [-0.25, -0.2) is 4.98 Å². The van der Waals surface area contributed by atoms with Crippen LogP contribution >= 0.6 is 0 Å². The van der Waals surface area contributed by atoms with Crippen molar-refractivity contribution in [1.82, 2.24) is 4.98 Å². The molecule has 0 fully saturated rings. The van der Waals surface area contributed by atoms with Gasteiger partial charge in [0.1, 0.15) is 0 Å². The van der Waals surface area contributed by atoms with E-state index in [1.54, 1.807) is 7.11 Å². The fraction of sp³-hybridized carbons (Fsp3) is 0.615. The van der Waals surface area contributed by atoms with Crippen molar-refractivity contribution >= 4 is 0 Å². The Balaban J connectivity index is 2.99. The number of rotatable bonds is 5. The molecule has 0 saturated heterocycles. The van der Waals surface area contributed by atoms with Crippen LogP contribution in [-0.4, -0.2) is 12.1 Å². The lowest BCUT2D eigenvalue weighted by Gasteiger charge is -2.17. The van der Waals surface area contributed by atoms with Gasteiger partial charge in [0, 0.05) is 11.3 Å². The predicted octanol–water partition coefficient (Wildman–Crippen LogP) is 3.69. The van der Waals surface area contributed by atoms with E-state index in [9.17, 15) is 0 Å². The monoisotopic (exact) mass is 207 g/mol. The highest BCUT2D eigenvalue weighted by Gasteiger charge is 2.14. The summed E-state index contributed by atoms with van der Waals surface area (Å²) in [5.74, 6) is 1.38. The van der Waals surface area contributed by atoms with Crippen LogP contribution in [0.1, 0.15) is 50.3 Å². The van der Waals surface area contributed by atoms with E-state index in [4.69, 9.17) is 4.74 Å². The maximum atomic E-state index is 5.34. The first-order chi connectivity index (χ1) is 7.22. The quantitative estimate of drug-likeness (QED) is 0.734. The molecule has 84 valence electrons. The van der Waals surface area contributed by atoms with Gasteiger partial charge < -0.3 is 4.74 Å². The molecule has 0 N–H and O–H groups in total. The van der Waals surface area contributed by atoms with Gasteiger partial charge in [-0.2, -0.15) is 0 Å². The summed E-state index contributed by atoms with van der Waals surface area (Å²) in [7, 11) is 1.70. The molecule has 0 aliphatic rings. The average molecular weight is 207 g/mol. The molecule has 0 aliphatic carbocycles. The molecule has 0 spiro atoms. The number of aryl methyl sites for hydroxylation is 1. The lowest BCUT2D eigenvalue weighted by Crippen LogP contribution is -2.02. The third-order valence-electron chi connectivity index (χ3n) is 2.79. The molecule has 0 saturated carbocycles. The Morgan fingerprint density at radius 1 is 1.33 bits per heavy atom. The molecule has 1 heterocycles. The van der Waals surface area contributed by atoms with Crippen molar-refractivity contribution in [2.75, 3.05) is 7.11 Å². The minimum absolute atomic E-state index is 0.582. The van der Waals surface area contributed by atoms with Crippen LogP contribution in [0.3, 0.4) is 0 Å². The summed E-state index contributed by atoms with van der Waals surface area (Å²) in [4.78, 5) is 4.42. The standard InChI is InChI=1S/C13H21NO/c1-5-7-11(6-2)12-9-8-10(3)14-13(12)15-4/h8-9,11H,5-7H2,1-4H3. The predicted molar refractivity (Wildman–Crippen MR) is 63.5 cm³/mol. The smallest absolute Gasteiger partial charge is 0.216 e. The molecule has 1 atom stereocenters. The van der Waals surface area contributed by atoms with Crippen LogP contribution < -0.4 is 4.74 Å². The van der Waals surface area contributed by atoms with Gasteiger partial charge in [0.2, 0.25) is 5.88 Å². The second-order valence-corrected chi connectivity index (χ2v) is 3.94. The maximum absolute atomic E-state index is 5.34. The van der Waals surface area contributed by atoms with Crippen LogP contribution in [0.2, 0.25) is 0 Å². The summed E-state index contributed by atoms with van der Waals surface area (Å²) >= 11 is 0. The summed E-state index contributed by atoms with van der Waals surface area (Å²) in [5.41, 5.74) is 2.27. The van der Waals surface area contributed by atoms with Crippen LogP contribution in [0.5, 0.6) is 5.88 Å². The van der Waals surface area contributed by atoms with E-state index >= 15 is 0 Å². The molecule has 1 aromatic rings. The van der Waals surface area contributed by atoms with Gasteiger partial charge in [0.05, 0.1) is 7.11 Å². The zero-order chi connectivity index (χ0) is 11.3. The maximum Gasteiger partial charge on any atom is 0.216 e. The van der Waals surface area contributed by atoms with E-state index in [1.807, 2.05) is 6.92 Å². The van der Waals surface area contributed by atoms with Crippen LogP contribution in [-0.2, 0) is 0 Å². The molecule has 0 amide bonds. The van der Waals surface area contributed by atoms with Gasteiger partial charge in [-0.15, -0.1) is 0 Å². The minimum Gasteiger partial charge on any atom is -0.481 e. The summed E-state index contributed by atoms with van der Waals surface area (Å²) < 4.78 is 5.34. The van der Waals surface area contributed by atoms with Gasteiger partial charge in [-0.1, -0.05) is 26.3 Å². The Morgan fingerprint density at radius 2 is 2.07 bits per heavy atom. The third-order valence-corrected chi connectivity index (χ3v) is 2.79. The van der Waals surface area contributed by atoms with Gasteiger partial charge in [-0.3, -0.25) is 0 Å². The van der Waals surface area contributed by atoms with E-state index < -0.39 is 0 Å². The summed E-state index contributed by atoms with van der Waals surface area (Å²) in [6.45, 7) is 6.43. The first-order valence-electron chi connectivity index (χ1n) is 5.74. The molecule has 1 rings (SSSR count). The van der Waals surface area contributed by atoms with Crippen molar-refractivity contribution in [2.45, 2.75) is 46.0 Å². The molecule has 0 aromatic carbocycles. The normalized spacial score (nSPS) is 12.5.